The van der Waals surface area contributed by atoms with E-state index in [0.717, 1.165) is 48.7 Å². The predicted octanol–water partition coefficient (Wildman–Crippen LogP) is 4.12. The molecule has 0 N–H and O–H groups in total. The van der Waals surface area contributed by atoms with Gasteiger partial charge in [0.15, 0.2) is 0 Å². The van der Waals surface area contributed by atoms with Crippen LogP contribution in [-0.4, -0.2) is 46.7 Å². The zero-order valence-electron chi connectivity index (χ0n) is 15.1. The molecule has 4 heterocycles. The largest absolute Gasteiger partial charge is 0.393 e. The Morgan fingerprint density at radius 2 is 1.89 bits per heavy atom. The van der Waals surface area contributed by atoms with Gasteiger partial charge in [-0.3, -0.25) is 4.90 Å². The molecule has 2 aliphatic heterocycles. The number of alkyl halides is 3. The minimum absolute atomic E-state index is 0.289. The Bertz CT molecular complexity index is 988. The van der Waals surface area contributed by atoms with Gasteiger partial charge in [-0.2, -0.15) is 13.2 Å². The van der Waals surface area contributed by atoms with Crippen molar-refractivity contribution in [2.75, 3.05) is 24.5 Å². The lowest BCUT2D eigenvalue weighted by molar-refractivity contribution is -0.126. The number of benzene rings is 1. The summed E-state index contributed by atoms with van der Waals surface area (Å²) >= 11 is 1.11. The fourth-order valence-corrected chi connectivity index (χ4v) is 5.37. The highest BCUT2D eigenvalue weighted by Gasteiger charge is 2.46. The SMILES string of the molecule is FC(F)(F)Cc1cc2c(N3C[C@@H]4CN(Cc5ccccc5)[C@@H]4C3)ncnc2s1. The number of hydrogen-bond donors (Lipinski definition) is 0. The van der Waals surface area contributed by atoms with Crippen molar-refractivity contribution < 1.29 is 13.2 Å². The number of thiophene rings is 1. The third kappa shape index (κ3) is 3.35. The number of fused-ring (bicyclic) bond motifs is 2. The monoisotopic (exact) mass is 404 g/mol. The predicted molar refractivity (Wildman–Crippen MR) is 104 cm³/mol. The van der Waals surface area contributed by atoms with E-state index in [-0.39, 0.29) is 4.88 Å². The molecule has 28 heavy (non-hydrogen) atoms. The molecule has 4 nitrogen and oxygen atoms in total. The second kappa shape index (κ2) is 6.70. The maximum atomic E-state index is 12.8. The van der Waals surface area contributed by atoms with Gasteiger partial charge in [0.25, 0.3) is 0 Å². The summed E-state index contributed by atoms with van der Waals surface area (Å²) in [7, 11) is 0. The van der Waals surface area contributed by atoms with E-state index < -0.39 is 12.6 Å². The number of hydrogen-bond acceptors (Lipinski definition) is 5. The molecule has 2 aliphatic rings. The standard InChI is InChI=1S/C20H19F3N4S/c21-20(22,23)7-15-6-16-18(24-12-25-19(16)28-15)27-10-14-9-26(17(14)11-27)8-13-4-2-1-3-5-13/h1-6,12,14,17H,7-11H2/t14-,17+/m0/s1. The lowest BCUT2D eigenvalue weighted by Gasteiger charge is -2.43. The molecule has 0 spiro atoms. The molecule has 0 radical (unpaired) electrons. The van der Waals surface area contributed by atoms with Gasteiger partial charge in [-0.1, -0.05) is 30.3 Å². The summed E-state index contributed by atoms with van der Waals surface area (Å²) in [6.45, 7) is 3.73. The van der Waals surface area contributed by atoms with Crippen LogP contribution in [0.5, 0.6) is 0 Å². The van der Waals surface area contributed by atoms with Crippen molar-refractivity contribution in [1.82, 2.24) is 14.9 Å². The van der Waals surface area contributed by atoms with Gasteiger partial charge in [0.05, 0.1) is 11.8 Å². The van der Waals surface area contributed by atoms with Crippen molar-refractivity contribution in [3.05, 3.63) is 53.2 Å². The molecule has 0 unspecified atom stereocenters. The number of anilines is 1. The van der Waals surface area contributed by atoms with E-state index in [1.807, 2.05) is 6.07 Å². The third-order valence-corrected chi connectivity index (χ3v) is 6.65. The summed E-state index contributed by atoms with van der Waals surface area (Å²) in [6, 6.07) is 12.5. The van der Waals surface area contributed by atoms with Crippen LogP contribution in [0.25, 0.3) is 10.2 Å². The van der Waals surface area contributed by atoms with Crippen molar-refractivity contribution >= 4 is 27.4 Å². The summed E-state index contributed by atoms with van der Waals surface area (Å²) in [5.74, 6) is 1.35. The van der Waals surface area contributed by atoms with Crippen LogP contribution in [0, 0.1) is 5.92 Å². The van der Waals surface area contributed by atoms with Crippen LogP contribution in [0.15, 0.2) is 42.7 Å². The molecule has 146 valence electrons. The Kier molecular flexibility index (Phi) is 4.28. The molecular formula is C20H19F3N4S. The Labute approximate surface area is 164 Å². The average Bonchev–Trinajstić information content (AvgIpc) is 3.19. The highest BCUT2D eigenvalue weighted by molar-refractivity contribution is 7.18. The molecule has 8 heteroatoms. The molecule has 1 aromatic carbocycles. The Morgan fingerprint density at radius 1 is 1.07 bits per heavy atom. The molecule has 5 rings (SSSR count). The first-order chi connectivity index (χ1) is 13.5. The van der Waals surface area contributed by atoms with Crippen LogP contribution < -0.4 is 4.90 Å². The summed E-state index contributed by atoms with van der Waals surface area (Å²) in [5, 5.41) is 0.739. The van der Waals surface area contributed by atoms with E-state index in [9.17, 15) is 13.2 Å². The maximum Gasteiger partial charge on any atom is 0.393 e. The molecule has 0 amide bonds. The Balaban J connectivity index is 1.34. The van der Waals surface area contributed by atoms with E-state index in [0.29, 0.717) is 16.8 Å². The van der Waals surface area contributed by atoms with Crippen molar-refractivity contribution in [1.29, 1.82) is 0 Å². The average molecular weight is 404 g/mol. The molecule has 0 saturated carbocycles. The van der Waals surface area contributed by atoms with Crippen LogP contribution >= 0.6 is 11.3 Å². The molecule has 2 aromatic heterocycles. The Morgan fingerprint density at radius 3 is 2.68 bits per heavy atom. The van der Waals surface area contributed by atoms with Crippen LogP contribution in [-0.2, 0) is 13.0 Å². The number of likely N-dealkylation sites (tertiary alicyclic amines) is 1. The quantitative estimate of drug-likeness (QED) is 0.655. The van der Waals surface area contributed by atoms with E-state index in [4.69, 9.17) is 0 Å². The number of nitrogens with zero attached hydrogens (tertiary/aromatic N) is 4. The Hall–Kier alpha value is -2.19. The number of aromatic nitrogens is 2. The van der Waals surface area contributed by atoms with Crippen molar-refractivity contribution in [3.63, 3.8) is 0 Å². The van der Waals surface area contributed by atoms with Gasteiger partial charge < -0.3 is 4.90 Å². The molecule has 0 aliphatic carbocycles. The number of halogens is 3. The molecule has 3 aromatic rings. The van der Waals surface area contributed by atoms with E-state index >= 15 is 0 Å². The first-order valence-electron chi connectivity index (χ1n) is 9.29. The lowest BCUT2D eigenvalue weighted by Crippen LogP contribution is -2.54. The van der Waals surface area contributed by atoms with Gasteiger partial charge in [-0.25, -0.2) is 9.97 Å². The zero-order valence-corrected chi connectivity index (χ0v) is 15.9. The second-order valence-electron chi connectivity index (χ2n) is 7.57. The minimum atomic E-state index is -4.21. The second-order valence-corrected chi connectivity index (χ2v) is 8.68. The third-order valence-electron chi connectivity index (χ3n) is 5.61. The molecule has 2 fully saturated rings. The summed E-state index contributed by atoms with van der Waals surface area (Å²) in [4.78, 5) is 14.2. The van der Waals surface area contributed by atoms with Gasteiger partial charge in [0.1, 0.15) is 17.0 Å². The van der Waals surface area contributed by atoms with E-state index in [1.54, 1.807) is 6.07 Å². The summed E-state index contributed by atoms with van der Waals surface area (Å²) in [6.07, 6.45) is -3.66. The summed E-state index contributed by atoms with van der Waals surface area (Å²) in [5.41, 5.74) is 1.30. The molecule has 0 bridgehead atoms. The van der Waals surface area contributed by atoms with Crippen LogP contribution in [0.4, 0.5) is 19.0 Å². The van der Waals surface area contributed by atoms with Crippen LogP contribution in [0.2, 0.25) is 0 Å². The van der Waals surface area contributed by atoms with Gasteiger partial charge in [-0.05, 0) is 11.6 Å². The molecule has 2 atom stereocenters. The van der Waals surface area contributed by atoms with E-state index in [1.165, 1.54) is 11.9 Å². The van der Waals surface area contributed by atoms with Crippen molar-refractivity contribution in [2.24, 2.45) is 5.92 Å². The highest BCUT2D eigenvalue weighted by atomic mass is 32.1. The first-order valence-corrected chi connectivity index (χ1v) is 10.1. The smallest absolute Gasteiger partial charge is 0.354 e. The fourth-order valence-electron chi connectivity index (χ4n) is 4.35. The van der Waals surface area contributed by atoms with Gasteiger partial charge in [0, 0.05) is 43.0 Å². The first kappa shape index (κ1) is 17.9. The fraction of sp³-hybridized carbons (Fsp3) is 0.400. The maximum absolute atomic E-state index is 12.8. The van der Waals surface area contributed by atoms with Crippen molar-refractivity contribution in [2.45, 2.75) is 25.2 Å². The van der Waals surface area contributed by atoms with Gasteiger partial charge in [-0.15, -0.1) is 11.3 Å². The highest BCUT2D eigenvalue weighted by Crippen LogP contribution is 2.39. The van der Waals surface area contributed by atoms with Gasteiger partial charge >= 0.3 is 6.18 Å². The lowest BCUT2D eigenvalue weighted by atomic mass is 9.91. The van der Waals surface area contributed by atoms with Gasteiger partial charge in [0.2, 0.25) is 0 Å². The van der Waals surface area contributed by atoms with Crippen molar-refractivity contribution in [3.8, 4) is 0 Å². The van der Waals surface area contributed by atoms with E-state index in [2.05, 4.69) is 44.0 Å². The molecular weight excluding hydrogens is 385 g/mol. The number of rotatable bonds is 4. The summed E-state index contributed by atoms with van der Waals surface area (Å²) < 4.78 is 38.3. The topological polar surface area (TPSA) is 32.3 Å². The zero-order chi connectivity index (χ0) is 19.3. The molecule has 2 saturated heterocycles. The van der Waals surface area contributed by atoms with Crippen LogP contribution in [0.1, 0.15) is 10.4 Å². The normalized spacial score (nSPS) is 22.5. The van der Waals surface area contributed by atoms with Crippen LogP contribution in [0.3, 0.4) is 0 Å². The minimum Gasteiger partial charge on any atom is -0.354 e.